The second kappa shape index (κ2) is 5.80. The maximum absolute atomic E-state index is 13.5. The quantitative estimate of drug-likeness (QED) is 0.346. The molecular weight excluding hydrogens is 223 g/mol. The summed E-state index contributed by atoms with van der Waals surface area (Å²) in [6.07, 6.45) is 4.62. The fourth-order valence-corrected chi connectivity index (χ4v) is 1.27. The van der Waals surface area contributed by atoms with Crippen LogP contribution in [0.15, 0.2) is 18.2 Å². The maximum atomic E-state index is 13.5. The van der Waals surface area contributed by atoms with Gasteiger partial charge in [0.15, 0.2) is 5.78 Å². The number of hydrogen-bond acceptors (Lipinski definition) is 3. The molecule has 0 aliphatic carbocycles. The number of ether oxygens (including phenoxy) is 1. The number of carbonyl (C=O) groups is 2. The molecule has 0 amide bonds. The van der Waals surface area contributed by atoms with E-state index in [0.717, 1.165) is 6.07 Å². The van der Waals surface area contributed by atoms with Gasteiger partial charge in [-0.1, -0.05) is 5.92 Å². The second-order valence-electron chi connectivity index (χ2n) is 3.24. The topological polar surface area (TPSA) is 43.4 Å². The Morgan fingerprint density at radius 3 is 2.71 bits per heavy atom. The van der Waals surface area contributed by atoms with Crippen molar-refractivity contribution in [2.24, 2.45) is 0 Å². The summed E-state index contributed by atoms with van der Waals surface area (Å²) < 4.78 is 18.1. The SMILES string of the molecule is C#Cc1ccc(C(=O)CC(=O)OCC)c(F)c1. The first-order chi connectivity index (χ1) is 8.08. The molecule has 0 saturated heterocycles. The van der Waals surface area contributed by atoms with Crippen molar-refractivity contribution in [1.82, 2.24) is 0 Å². The first-order valence-corrected chi connectivity index (χ1v) is 5.03. The van der Waals surface area contributed by atoms with Crippen LogP contribution in [0.3, 0.4) is 0 Å². The molecule has 0 spiro atoms. The minimum atomic E-state index is -0.727. The van der Waals surface area contributed by atoms with Crippen LogP contribution in [0.2, 0.25) is 0 Å². The van der Waals surface area contributed by atoms with Crippen LogP contribution in [0.5, 0.6) is 0 Å². The number of rotatable bonds is 4. The van der Waals surface area contributed by atoms with Gasteiger partial charge in [-0.2, -0.15) is 0 Å². The first kappa shape index (κ1) is 12.9. The second-order valence-corrected chi connectivity index (χ2v) is 3.24. The summed E-state index contributed by atoms with van der Waals surface area (Å²) in [6.45, 7) is 1.81. The number of carbonyl (C=O) groups excluding carboxylic acids is 2. The molecule has 0 radical (unpaired) electrons. The van der Waals surface area contributed by atoms with Crippen LogP contribution in [0, 0.1) is 18.2 Å². The Kier molecular flexibility index (Phi) is 4.41. The predicted octanol–water partition coefficient (Wildman–Crippen LogP) is 1.94. The highest BCUT2D eigenvalue weighted by Crippen LogP contribution is 2.12. The molecule has 0 unspecified atom stereocenters. The predicted molar refractivity (Wildman–Crippen MR) is 59.9 cm³/mol. The lowest BCUT2D eigenvalue weighted by Gasteiger charge is -2.03. The van der Waals surface area contributed by atoms with Crippen LogP contribution in [0.1, 0.15) is 29.3 Å². The molecule has 0 fully saturated rings. The molecule has 88 valence electrons. The number of hydrogen-bond donors (Lipinski definition) is 0. The molecule has 0 aromatic heterocycles. The molecule has 4 heteroatoms. The van der Waals surface area contributed by atoms with Gasteiger partial charge in [-0.25, -0.2) is 4.39 Å². The van der Waals surface area contributed by atoms with Crippen LogP contribution in [0.25, 0.3) is 0 Å². The first-order valence-electron chi connectivity index (χ1n) is 5.03. The van der Waals surface area contributed by atoms with Crippen molar-refractivity contribution < 1.29 is 18.7 Å². The van der Waals surface area contributed by atoms with Gasteiger partial charge < -0.3 is 4.74 Å². The molecule has 1 aromatic rings. The number of terminal acetylenes is 1. The molecule has 0 aliphatic rings. The molecule has 1 rings (SSSR count). The minimum Gasteiger partial charge on any atom is -0.466 e. The van der Waals surface area contributed by atoms with E-state index >= 15 is 0 Å². The van der Waals surface area contributed by atoms with E-state index in [0.29, 0.717) is 5.56 Å². The summed E-state index contributed by atoms with van der Waals surface area (Å²) in [6, 6.07) is 3.80. The van der Waals surface area contributed by atoms with Crippen LogP contribution in [-0.4, -0.2) is 18.4 Å². The van der Waals surface area contributed by atoms with Gasteiger partial charge >= 0.3 is 5.97 Å². The summed E-state index contributed by atoms with van der Waals surface area (Å²) in [5.74, 6) is 0.236. The van der Waals surface area contributed by atoms with Crippen molar-refractivity contribution >= 4 is 11.8 Å². The number of Topliss-reactive ketones (excluding diaryl/α,β-unsaturated/α-hetero) is 1. The summed E-state index contributed by atoms with van der Waals surface area (Å²) >= 11 is 0. The molecule has 3 nitrogen and oxygen atoms in total. The highest BCUT2D eigenvalue weighted by molar-refractivity contribution is 6.06. The van der Waals surface area contributed by atoms with E-state index in [1.807, 2.05) is 0 Å². The highest BCUT2D eigenvalue weighted by atomic mass is 19.1. The van der Waals surface area contributed by atoms with Crippen molar-refractivity contribution in [2.45, 2.75) is 13.3 Å². The standard InChI is InChI=1S/C13H11FO3/c1-3-9-5-6-10(11(14)7-9)12(15)8-13(16)17-4-2/h1,5-7H,4,8H2,2H3. The van der Waals surface area contributed by atoms with Crippen LogP contribution in [-0.2, 0) is 9.53 Å². The third-order valence-corrected chi connectivity index (χ3v) is 2.05. The molecule has 0 bridgehead atoms. The van der Waals surface area contributed by atoms with Crippen LogP contribution < -0.4 is 0 Å². The number of halogens is 1. The summed E-state index contributed by atoms with van der Waals surface area (Å²) in [4.78, 5) is 22.6. The van der Waals surface area contributed by atoms with E-state index in [4.69, 9.17) is 6.42 Å². The van der Waals surface area contributed by atoms with Gasteiger partial charge in [-0.15, -0.1) is 6.42 Å². The molecule has 0 heterocycles. The van der Waals surface area contributed by atoms with Gasteiger partial charge in [0.1, 0.15) is 12.2 Å². The zero-order valence-corrected chi connectivity index (χ0v) is 9.33. The van der Waals surface area contributed by atoms with Gasteiger partial charge in [0.25, 0.3) is 0 Å². The Morgan fingerprint density at radius 2 is 2.18 bits per heavy atom. The van der Waals surface area contributed by atoms with Gasteiger partial charge in [-0.05, 0) is 25.1 Å². The molecule has 0 saturated carbocycles. The molecule has 0 atom stereocenters. The summed E-state index contributed by atoms with van der Waals surface area (Å²) in [7, 11) is 0. The molecule has 17 heavy (non-hydrogen) atoms. The van der Waals surface area contributed by atoms with E-state index in [9.17, 15) is 14.0 Å². The van der Waals surface area contributed by atoms with Crippen molar-refractivity contribution in [2.75, 3.05) is 6.61 Å². The Balaban J connectivity index is 2.83. The van der Waals surface area contributed by atoms with Gasteiger partial charge in [0, 0.05) is 5.56 Å². The fourth-order valence-electron chi connectivity index (χ4n) is 1.27. The maximum Gasteiger partial charge on any atom is 0.313 e. The summed E-state index contributed by atoms with van der Waals surface area (Å²) in [5.41, 5.74) is 0.187. The fraction of sp³-hybridized carbons (Fsp3) is 0.231. The summed E-state index contributed by atoms with van der Waals surface area (Å²) in [5, 5.41) is 0. The lowest BCUT2D eigenvalue weighted by Crippen LogP contribution is -2.12. The zero-order valence-electron chi connectivity index (χ0n) is 9.33. The van der Waals surface area contributed by atoms with Crippen LogP contribution in [0.4, 0.5) is 4.39 Å². The van der Waals surface area contributed by atoms with E-state index in [1.54, 1.807) is 6.92 Å². The Hall–Kier alpha value is -2.15. The van der Waals surface area contributed by atoms with Gasteiger partial charge in [0.2, 0.25) is 0 Å². The number of esters is 1. The third kappa shape index (κ3) is 3.42. The zero-order chi connectivity index (χ0) is 12.8. The average Bonchev–Trinajstić information content (AvgIpc) is 2.28. The lowest BCUT2D eigenvalue weighted by molar-refractivity contribution is -0.141. The van der Waals surface area contributed by atoms with Crippen molar-refractivity contribution in [1.29, 1.82) is 0 Å². The molecule has 1 aromatic carbocycles. The average molecular weight is 234 g/mol. The van der Waals surface area contributed by atoms with Crippen LogP contribution >= 0.6 is 0 Å². The number of ketones is 1. The monoisotopic (exact) mass is 234 g/mol. The molecule has 0 aliphatic heterocycles. The Labute approximate surface area is 98.6 Å². The van der Waals surface area contributed by atoms with E-state index in [2.05, 4.69) is 10.7 Å². The van der Waals surface area contributed by atoms with Crippen molar-refractivity contribution in [3.05, 3.63) is 35.1 Å². The van der Waals surface area contributed by atoms with Gasteiger partial charge in [0.05, 0.1) is 12.2 Å². The van der Waals surface area contributed by atoms with Crippen molar-refractivity contribution in [3.63, 3.8) is 0 Å². The Morgan fingerprint density at radius 1 is 1.47 bits per heavy atom. The van der Waals surface area contributed by atoms with E-state index in [-0.39, 0.29) is 12.2 Å². The molecular formula is C13H11FO3. The normalized spacial score (nSPS) is 9.47. The van der Waals surface area contributed by atoms with E-state index in [1.165, 1.54) is 12.1 Å². The lowest BCUT2D eigenvalue weighted by atomic mass is 10.1. The molecule has 0 N–H and O–H groups in total. The third-order valence-electron chi connectivity index (χ3n) is 2.05. The van der Waals surface area contributed by atoms with Crippen molar-refractivity contribution in [3.8, 4) is 12.3 Å². The minimum absolute atomic E-state index is 0.156. The largest absolute Gasteiger partial charge is 0.466 e. The smallest absolute Gasteiger partial charge is 0.313 e. The Bertz CT molecular complexity index is 486. The highest BCUT2D eigenvalue weighted by Gasteiger charge is 2.16. The van der Waals surface area contributed by atoms with Gasteiger partial charge in [-0.3, -0.25) is 9.59 Å². The van der Waals surface area contributed by atoms with E-state index < -0.39 is 24.0 Å². The number of benzene rings is 1.